The standard InChI is InChI=1S/C21H17N3O3.C2HF3O2/c1-25-15-3-5-19-17(11-15)21(12-26-20(22)24-21)16-10-14(2-4-18(16)27-19)13-6-8-23-9-7-13;3-2(4,5)1(6)7/h2-11H,12H2,1H3,(H2,22,24);(H,6,7). The number of carboxylic acids is 1. The highest BCUT2D eigenvalue weighted by atomic mass is 19.4. The van der Waals surface area contributed by atoms with Crippen molar-refractivity contribution in [2.24, 2.45) is 10.7 Å². The first-order chi connectivity index (χ1) is 16.1. The number of nitrogens with zero attached hydrogens (tertiary/aromatic N) is 2. The lowest BCUT2D eigenvalue weighted by molar-refractivity contribution is -0.192. The monoisotopic (exact) mass is 473 g/mol. The number of aromatic nitrogens is 1. The maximum absolute atomic E-state index is 10.6. The number of nitrogens with two attached hydrogens (primary N) is 1. The molecule has 5 rings (SSSR count). The summed E-state index contributed by atoms with van der Waals surface area (Å²) in [6.07, 6.45) is -1.54. The number of amidine groups is 1. The molecule has 0 fully saturated rings. The summed E-state index contributed by atoms with van der Waals surface area (Å²) in [6, 6.07) is 15.9. The fraction of sp³-hybridized carbons (Fsp3) is 0.174. The van der Waals surface area contributed by atoms with Crippen LogP contribution in [0.15, 0.2) is 65.9 Å². The number of aliphatic carboxylic acids is 1. The minimum Gasteiger partial charge on any atom is -0.497 e. The molecule has 2 aliphatic rings. The maximum atomic E-state index is 10.6. The Kier molecular flexibility index (Phi) is 5.78. The second kappa shape index (κ2) is 8.58. The van der Waals surface area contributed by atoms with Gasteiger partial charge >= 0.3 is 12.1 Å². The molecule has 0 radical (unpaired) electrons. The molecule has 3 heterocycles. The number of rotatable bonds is 2. The van der Waals surface area contributed by atoms with Gasteiger partial charge in [0.15, 0.2) is 5.54 Å². The average Bonchev–Trinajstić information content (AvgIpc) is 3.21. The van der Waals surface area contributed by atoms with Gasteiger partial charge < -0.3 is 25.1 Å². The molecule has 34 heavy (non-hydrogen) atoms. The van der Waals surface area contributed by atoms with Crippen LogP contribution < -0.4 is 15.2 Å². The van der Waals surface area contributed by atoms with Crippen molar-refractivity contribution in [1.29, 1.82) is 0 Å². The number of pyridine rings is 1. The van der Waals surface area contributed by atoms with E-state index in [1.165, 1.54) is 0 Å². The van der Waals surface area contributed by atoms with Crippen molar-refractivity contribution in [3.63, 3.8) is 0 Å². The van der Waals surface area contributed by atoms with Crippen molar-refractivity contribution in [1.82, 2.24) is 4.98 Å². The van der Waals surface area contributed by atoms with Crippen LogP contribution >= 0.6 is 0 Å². The second-order valence-corrected chi connectivity index (χ2v) is 7.31. The number of fused-ring (bicyclic) bond motifs is 4. The number of methoxy groups -OCH3 is 1. The van der Waals surface area contributed by atoms with Crippen LogP contribution in [-0.4, -0.2) is 42.0 Å². The lowest BCUT2D eigenvalue weighted by Gasteiger charge is -2.33. The van der Waals surface area contributed by atoms with E-state index in [0.717, 1.165) is 39.5 Å². The number of aliphatic imine (C=N–C) groups is 1. The number of hydrogen-bond acceptors (Lipinski definition) is 7. The molecule has 0 bridgehead atoms. The van der Waals surface area contributed by atoms with Crippen LogP contribution in [0.5, 0.6) is 17.2 Å². The van der Waals surface area contributed by atoms with E-state index < -0.39 is 17.7 Å². The second-order valence-electron chi connectivity index (χ2n) is 7.31. The lowest BCUT2D eigenvalue weighted by Crippen LogP contribution is -2.31. The number of carboxylic acid groups (broad SMARTS) is 1. The largest absolute Gasteiger partial charge is 0.497 e. The summed E-state index contributed by atoms with van der Waals surface area (Å²) >= 11 is 0. The van der Waals surface area contributed by atoms with E-state index in [0.29, 0.717) is 6.61 Å². The van der Waals surface area contributed by atoms with Gasteiger partial charge in [-0.25, -0.2) is 9.79 Å². The van der Waals surface area contributed by atoms with Crippen molar-refractivity contribution in [2.75, 3.05) is 13.7 Å². The molecule has 8 nitrogen and oxygen atoms in total. The summed E-state index contributed by atoms with van der Waals surface area (Å²) in [5.74, 6) is -0.562. The zero-order valence-electron chi connectivity index (χ0n) is 17.7. The molecule has 1 unspecified atom stereocenters. The van der Waals surface area contributed by atoms with E-state index in [-0.39, 0.29) is 6.02 Å². The van der Waals surface area contributed by atoms with Crippen LogP contribution in [0.1, 0.15) is 11.1 Å². The molecular weight excluding hydrogens is 455 g/mol. The Morgan fingerprint density at radius 1 is 1.06 bits per heavy atom. The molecule has 2 aliphatic heterocycles. The third-order valence-electron chi connectivity index (χ3n) is 5.26. The first kappa shape index (κ1) is 22.9. The van der Waals surface area contributed by atoms with Gasteiger partial charge in [-0.1, -0.05) is 6.07 Å². The van der Waals surface area contributed by atoms with Crippen molar-refractivity contribution < 1.29 is 37.3 Å². The van der Waals surface area contributed by atoms with Crippen molar-refractivity contribution in [3.8, 4) is 28.4 Å². The summed E-state index contributed by atoms with van der Waals surface area (Å²) < 4.78 is 48.9. The Morgan fingerprint density at radius 3 is 2.24 bits per heavy atom. The molecule has 2 aromatic carbocycles. The molecule has 0 saturated carbocycles. The van der Waals surface area contributed by atoms with Gasteiger partial charge in [0.2, 0.25) is 0 Å². The van der Waals surface area contributed by atoms with Gasteiger partial charge in [0.25, 0.3) is 6.02 Å². The summed E-state index contributed by atoms with van der Waals surface area (Å²) in [7, 11) is 1.64. The number of alkyl halides is 3. The van der Waals surface area contributed by atoms with E-state index in [4.69, 9.17) is 34.8 Å². The fourth-order valence-corrected chi connectivity index (χ4v) is 3.68. The molecule has 3 aromatic rings. The van der Waals surface area contributed by atoms with Crippen LogP contribution in [0.25, 0.3) is 11.1 Å². The van der Waals surface area contributed by atoms with Gasteiger partial charge in [-0.15, -0.1) is 0 Å². The predicted molar refractivity (Wildman–Crippen MR) is 115 cm³/mol. The van der Waals surface area contributed by atoms with Crippen LogP contribution in [0.4, 0.5) is 13.2 Å². The first-order valence-corrected chi connectivity index (χ1v) is 9.83. The summed E-state index contributed by atoms with van der Waals surface area (Å²) in [6.45, 7) is 0.315. The van der Waals surface area contributed by atoms with E-state index in [1.54, 1.807) is 19.5 Å². The Balaban J connectivity index is 0.000000344. The van der Waals surface area contributed by atoms with Crippen molar-refractivity contribution >= 4 is 12.0 Å². The number of carbonyl (C=O) groups is 1. The molecule has 1 atom stereocenters. The Labute approximate surface area is 191 Å². The Hall–Kier alpha value is -4.28. The molecule has 3 N–H and O–H groups in total. The number of ether oxygens (including phenoxy) is 3. The SMILES string of the molecule is COc1ccc2c(c1)C1(COC(N)=N1)c1cc(-c3ccncc3)ccc1O2.O=C(O)C(F)(F)F. The lowest BCUT2D eigenvalue weighted by atomic mass is 9.80. The zero-order chi connectivity index (χ0) is 24.5. The average molecular weight is 473 g/mol. The first-order valence-electron chi connectivity index (χ1n) is 9.83. The predicted octanol–water partition coefficient (Wildman–Crippen LogP) is 4.08. The molecule has 1 spiro atoms. The van der Waals surface area contributed by atoms with Crippen LogP contribution in [0.3, 0.4) is 0 Å². The molecule has 1 aromatic heterocycles. The minimum absolute atomic E-state index is 0.172. The topological polar surface area (TPSA) is 116 Å². The van der Waals surface area contributed by atoms with E-state index in [9.17, 15) is 13.2 Å². The highest BCUT2D eigenvalue weighted by Gasteiger charge is 2.47. The highest BCUT2D eigenvalue weighted by molar-refractivity contribution is 5.78. The third-order valence-corrected chi connectivity index (χ3v) is 5.26. The third kappa shape index (κ3) is 4.19. The summed E-state index contributed by atoms with van der Waals surface area (Å²) in [5.41, 5.74) is 9.07. The Bertz CT molecular complexity index is 1260. The van der Waals surface area contributed by atoms with Crippen LogP contribution in [0.2, 0.25) is 0 Å². The van der Waals surface area contributed by atoms with Gasteiger partial charge in [-0.3, -0.25) is 4.98 Å². The van der Waals surface area contributed by atoms with Gasteiger partial charge in [0, 0.05) is 23.5 Å². The van der Waals surface area contributed by atoms with Gasteiger partial charge in [0.1, 0.15) is 23.9 Å². The summed E-state index contributed by atoms with van der Waals surface area (Å²) in [5, 5.41) is 7.12. The van der Waals surface area contributed by atoms with E-state index in [2.05, 4.69) is 11.1 Å². The summed E-state index contributed by atoms with van der Waals surface area (Å²) in [4.78, 5) is 17.7. The molecule has 0 amide bonds. The molecule has 176 valence electrons. The highest BCUT2D eigenvalue weighted by Crippen LogP contribution is 2.52. The van der Waals surface area contributed by atoms with Crippen LogP contribution in [-0.2, 0) is 15.1 Å². The number of halogens is 3. The van der Waals surface area contributed by atoms with Crippen molar-refractivity contribution in [3.05, 3.63) is 72.1 Å². The number of benzene rings is 2. The fourth-order valence-electron chi connectivity index (χ4n) is 3.68. The molecule has 0 aliphatic carbocycles. The smallest absolute Gasteiger partial charge is 0.490 e. The van der Waals surface area contributed by atoms with Gasteiger partial charge in [-0.05, 0) is 53.6 Å². The van der Waals surface area contributed by atoms with E-state index >= 15 is 0 Å². The zero-order valence-corrected chi connectivity index (χ0v) is 17.7. The molecule has 0 saturated heterocycles. The number of hydrogen-bond donors (Lipinski definition) is 2. The quantitative estimate of drug-likeness (QED) is 0.576. The minimum atomic E-state index is -5.08. The maximum Gasteiger partial charge on any atom is 0.490 e. The van der Waals surface area contributed by atoms with E-state index in [1.807, 2.05) is 42.5 Å². The normalized spacial score (nSPS) is 17.8. The van der Waals surface area contributed by atoms with Gasteiger partial charge in [-0.2, -0.15) is 13.2 Å². The van der Waals surface area contributed by atoms with Crippen molar-refractivity contribution in [2.45, 2.75) is 11.7 Å². The Morgan fingerprint density at radius 2 is 1.68 bits per heavy atom. The molecular formula is C23H18F3N3O5. The van der Waals surface area contributed by atoms with Crippen LogP contribution in [0, 0.1) is 0 Å². The van der Waals surface area contributed by atoms with Gasteiger partial charge in [0.05, 0.1) is 7.11 Å². The molecule has 11 heteroatoms.